The van der Waals surface area contributed by atoms with E-state index in [4.69, 9.17) is 0 Å². The summed E-state index contributed by atoms with van der Waals surface area (Å²) < 4.78 is 66.6. The highest BCUT2D eigenvalue weighted by Crippen LogP contribution is 2.32. The van der Waals surface area contributed by atoms with Crippen LogP contribution in [-0.4, -0.2) is 50.0 Å². The van der Waals surface area contributed by atoms with Gasteiger partial charge in [-0.05, 0) is 49.6 Å². The largest absolute Gasteiger partial charge is 0.416 e. The first-order valence-corrected chi connectivity index (χ1v) is 15.4. The van der Waals surface area contributed by atoms with E-state index in [2.05, 4.69) is 5.32 Å². The molecule has 226 valence electrons. The van der Waals surface area contributed by atoms with E-state index >= 15 is 0 Å². The van der Waals surface area contributed by atoms with Crippen molar-refractivity contribution in [3.05, 3.63) is 101 Å². The summed E-state index contributed by atoms with van der Waals surface area (Å²) in [5, 5.41) is 2.93. The second-order valence-corrected chi connectivity index (χ2v) is 12.3. The number of rotatable bonds is 12. The summed E-state index contributed by atoms with van der Waals surface area (Å²) in [6.45, 7) is 4.83. The molecule has 0 saturated carbocycles. The molecule has 7 nitrogen and oxygen atoms in total. The fourth-order valence-corrected chi connectivity index (χ4v) is 5.18. The lowest BCUT2D eigenvalue weighted by atomic mass is 10.0. The van der Waals surface area contributed by atoms with Crippen molar-refractivity contribution >= 4 is 27.5 Å². The van der Waals surface area contributed by atoms with Crippen LogP contribution in [0.2, 0.25) is 0 Å². The van der Waals surface area contributed by atoms with E-state index in [0.717, 1.165) is 29.5 Å². The molecule has 0 radical (unpaired) electrons. The minimum absolute atomic E-state index is 0.0231. The van der Waals surface area contributed by atoms with Crippen molar-refractivity contribution in [1.82, 2.24) is 10.2 Å². The van der Waals surface area contributed by atoms with Gasteiger partial charge in [0.1, 0.15) is 12.6 Å². The molecule has 1 N–H and O–H groups in total. The average molecular weight is 604 g/mol. The summed E-state index contributed by atoms with van der Waals surface area (Å²) in [6.07, 6.45) is -3.10. The Kier molecular flexibility index (Phi) is 10.8. The highest BCUT2D eigenvalue weighted by atomic mass is 32.2. The molecule has 0 heterocycles. The third-order valence-electron chi connectivity index (χ3n) is 6.89. The number of alkyl halides is 3. The summed E-state index contributed by atoms with van der Waals surface area (Å²) in [5.74, 6) is -1.16. The number of amides is 2. The van der Waals surface area contributed by atoms with Crippen molar-refractivity contribution < 1.29 is 31.2 Å². The first kappa shape index (κ1) is 32.7. The second-order valence-electron chi connectivity index (χ2n) is 10.3. The van der Waals surface area contributed by atoms with E-state index < -0.39 is 46.2 Å². The maximum absolute atomic E-state index is 14.0. The molecule has 3 aromatic rings. The molecule has 0 aliphatic carbocycles. The molecule has 0 aliphatic rings. The van der Waals surface area contributed by atoms with Gasteiger partial charge in [0.05, 0.1) is 17.5 Å². The first-order valence-electron chi connectivity index (χ1n) is 13.5. The molecule has 0 bridgehead atoms. The van der Waals surface area contributed by atoms with E-state index in [9.17, 15) is 31.2 Å². The van der Waals surface area contributed by atoms with Crippen LogP contribution in [0.5, 0.6) is 0 Å². The summed E-state index contributed by atoms with van der Waals surface area (Å²) in [7, 11) is -4.20. The van der Waals surface area contributed by atoms with Crippen molar-refractivity contribution in [1.29, 1.82) is 0 Å². The highest BCUT2D eigenvalue weighted by molar-refractivity contribution is 7.92. The van der Waals surface area contributed by atoms with Gasteiger partial charge < -0.3 is 10.2 Å². The van der Waals surface area contributed by atoms with Crippen molar-refractivity contribution in [2.45, 2.75) is 58.4 Å². The topological polar surface area (TPSA) is 86.8 Å². The number of nitrogens with zero attached hydrogens (tertiary/aromatic N) is 2. The Labute approximate surface area is 245 Å². The van der Waals surface area contributed by atoms with E-state index in [1.165, 1.54) is 11.0 Å². The van der Waals surface area contributed by atoms with Gasteiger partial charge >= 0.3 is 6.18 Å². The molecule has 2 atom stereocenters. The monoisotopic (exact) mass is 603 g/mol. The van der Waals surface area contributed by atoms with Gasteiger partial charge in [-0.3, -0.25) is 13.9 Å². The molecule has 0 saturated heterocycles. The Hall–Kier alpha value is -3.86. The molecule has 3 aromatic carbocycles. The lowest BCUT2D eigenvalue weighted by Crippen LogP contribution is -2.54. The van der Waals surface area contributed by atoms with Crippen LogP contribution in [-0.2, 0) is 38.8 Å². The number of halogens is 3. The average Bonchev–Trinajstić information content (AvgIpc) is 2.93. The molecular formula is C31H36F3N3O4S. The summed E-state index contributed by atoms with van der Waals surface area (Å²) in [6, 6.07) is 19.0. The molecule has 2 amide bonds. The van der Waals surface area contributed by atoms with Gasteiger partial charge in [-0.2, -0.15) is 13.2 Å². The van der Waals surface area contributed by atoms with Gasteiger partial charge in [-0.15, -0.1) is 0 Å². The fraction of sp³-hybridized carbons (Fsp3) is 0.355. The van der Waals surface area contributed by atoms with Crippen LogP contribution in [0.1, 0.15) is 42.5 Å². The molecule has 3 rings (SSSR count). The number of benzene rings is 3. The number of sulfonamides is 1. The predicted molar refractivity (Wildman–Crippen MR) is 157 cm³/mol. The maximum atomic E-state index is 14.0. The van der Waals surface area contributed by atoms with Crippen LogP contribution in [0, 0.1) is 6.92 Å². The third kappa shape index (κ3) is 9.07. The summed E-state index contributed by atoms with van der Waals surface area (Å²) in [4.78, 5) is 29.0. The molecular weight excluding hydrogens is 567 g/mol. The maximum Gasteiger partial charge on any atom is 0.416 e. The number of nitrogens with one attached hydrogen (secondary N) is 1. The third-order valence-corrected chi connectivity index (χ3v) is 8.03. The van der Waals surface area contributed by atoms with Gasteiger partial charge in [0.25, 0.3) is 0 Å². The molecule has 42 heavy (non-hydrogen) atoms. The predicted octanol–water partition coefficient (Wildman–Crippen LogP) is 5.33. The zero-order valence-electron chi connectivity index (χ0n) is 24.1. The van der Waals surface area contributed by atoms with Crippen molar-refractivity contribution in [3.8, 4) is 0 Å². The Morgan fingerprint density at radius 2 is 1.57 bits per heavy atom. The van der Waals surface area contributed by atoms with Crippen LogP contribution in [0.3, 0.4) is 0 Å². The number of aryl methyl sites for hydroxylation is 1. The van der Waals surface area contributed by atoms with Crippen LogP contribution in [0.25, 0.3) is 0 Å². The second kappa shape index (κ2) is 13.9. The minimum Gasteiger partial charge on any atom is -0.352 e. The molecule has 0 unspecified atom stereocenters. The summed E-state index contributed by atoms with van der Waals surface area (Å²) in [5.41, 5.74) is 1.11. The molecule has 11 heteroatoms. The van der Waals surface area contributed by atoms with Crippen LogP contribution < -0.4 is 9.62 Å². The highest BCUT2D eigenvalue weighted by Gasteiger charge is 2.35. The number of hydrogen-bond donors (Lipinski definition) is 1. The Bertz CT molecular complexity index is 1460. The van der Waals surface area contributed by atoms with Gasteiger partial charge in [0.2, 0.25) is 21.8 Å². The lowest BCUT2D eigenvalue weighted by molar-refractivity contribution is -0.140. The van der Waals surface area contributed by atoms with Gasteiger partial charge in [-0.25, -0.2) is 8.42 Å². The zero-order chi connectivity index (χ0) is 31.1. The smallest absolute Gasteiger partial charge is 0.352 e. The van der Waals surface area contributed by atoms with Crippen LogP contribution in [0.15, 0.2) is 78.9 Å². The Balaban J connectivity index is 2.08. The quantitative estimate of drug-likeness (QED) is 0.303. The fourth-order valence-electron chi connectivity index (χ4n) is 4.34. The van der Waals surface area contributed by atoms with Crippen molar-refractivity contribution in [3.63, 3.8) is 0 Å². The number of anilines is 1. The minimum atomic E-state index is -4.71. The number of carbonyl (C=O) groups is 2. The van der Waals surface area contributed by atoms with Crippen LogP contribution >= 0.6 is 0 Å². The normalized spacial score (nSPS) is 13.2. The van der Waals surface area contributed by atoms with E-state index in [1.807, 2.05) is 75.4 Å². The van der Waals surface area contributed by atoms with E-state index in [0.29, 0.717) is 22.4 Å². The van der Waals surface area contributed by atoms with Crippen molar-refractivity contribution in [2.24, 2.45) is 0 Å². The van der Waals surface area contributed by atoms with E-state index in [1.54, 1.807) is 0 Å². The molecule has 0 aliphatic heterocycles. The van der Waals surface area contributed by atoms with E-state index in [-0.39, 0.29) is 24.7 Å². The lowest BCUT2D eigenvalue weighted by Gasteiger charge is -2.34. The first-order chi connectivity index (χ1) is 19.7. The number of hydrogen-bond acceptors (Lipinski definition) is 4. The molecule has 0 fully saturated rings. The zero-order valence-corrected chi connectivity index (χ0v) is 24.9. The van der Waals surface area contributed by atoms with Gasteiger partial charge in [0, 0.05) is 19.0 Å². The van der Waals surface area contributed by atoms with Gasteiger partial charge in [-0.1, -0.05) is 73.2 Å². The Morgan fingerprint density at radius 1 is 0.929 bits per heavy atom. The summed E-state index contributed by atoms with van der Waals surface area (Å²) >= 11 is 0. The SMILES string of the molecule is CC[C@@H](C)NC(=O)[C@@H](Cc1ccccc1)N(Cc1ccc(C)cc1)C(=O)CN(c1cccc(C(F)(F)F)c1)S(C)(=O)=O. The van der Waals surface area contributed by atoms with Crippen LogP contribution in [0.4, 0.5) is 18.9 Å². The standard InChI is InChI=1S/C31H36F3N3O4S/c1-5-23(3)35-30(39)28(18-24-10-7-6-8-11-24)36(20-25-16-14-22(2)15-17-25)29(38)21-37(42(4,40)41)27-13-9-12-26(19-27)31(32,33)34/h6-17,19,23,28H,5,18,20-21H2,1-4H3,(H,35,39)/t23-,28-/m1/s1. The van der Waals surface area contributed by atoms with Gasteiger partial charge in [0.15, 0.2) is 0 Å². The number of carbonyl (C=O) groups excluding carboxylic acids is 2. The molecule has 0 spiro atoms. The Morgan fingerprint density at radius 3 is 2.14 bits per heavy atom. The van der Waals surface area contributed by atoms with Crippen molar-refractivity contribution in [2.75, 3.05) is 17.1 Å². The molecule has 0 aromatic heterocycles.